The highest BCUT2D eigenvalue weighted by atomic mass is 35.5. The lowest BCUT2D eigenvalue weighted by molar-refractivity contribution is -0.137. The van der Waals surface area contributed by atoms with E-state index in [4.69, 9.17) is 17.0 Å². The molecule has 1 amide bonds. The van der Waals surface area contributed by atoms with Crippen molar-refractivity contribution in [1.29, 1.82) is 5.41 Å². The van der Waals surface area contributed by atoms with Crippen LogP contribution in [0, 0.1) is 17.0 Å². The highest BCUT2D eigenvalue weighted by Crippen LogP contribution is 2.36. The van der Waals surface area contributed by atoms with E-state index < -0.39 is 67.8 Å². The van der Waals surface area contributed by atoms with Crippen molar-refractivity contribution < 1.29 is 41.5 Å². The summed E-state index contributed by atoms with van der Waals surface area (Å²) < 4.78 is 58.8. The molecule has 2 aromatic carbocycles. The van der Waals surface area contributed by atoms with Crippen LogP contribution in [0.15, 0.2) is 67.1 Å². The molecule has 2 saturated heterocycles. The predicted octanol–water partition coefficient (Wildman–Crippen LogP) is 5.20. The third-order valence-corrected chi connectivity index (χ3v) is 14.4. The quantitative estimate of drug-likeness (QED) is 0.0962. The molecule has 1 atom stereocenters. The molecule has 0 spiro atoms. The Bertz CT molecular complexity index is 2860. The Balaban J connectivity index is 0.850. The molecule has 1 aliphatic carbocycles. The molecule has 1 saturated carbocycles. The van der Waals surface area contributed by atoms with Gasteiger partial charge in [-0.15, -0.1) is 0 Å². The average molecular weight is 945 g/mol. The van der Waals surface area contributed by atoms with Crippen molar-refractivity contribution in [3.8, 4) is 11.1 Å². The minimum atomic E-state index is -4.16. The van der Waals surface area contributed by atoms with Crippen molar-refractivity contribution in [1.82, 2.24) is 24.2 Å². The third kappa shape index (κ3) is 9.35. The zero-order valence-electron chi connectivity index (χ0n) is 36.0. The number of amides is 1. The van der Waals surface area contributed by atoms with Crippen LogP contribution >= 0.6 is 11.6 Å². The number of ketones is 3. The first-order valence-corrected chi connectivity index (χ1v) is 23.2. The Morgan fingerprint density at radius 2 is 1.71 bits per heavy atom. The molecular formula is C45H47ClF2N10O7S. The molecule has 21 heteroatoms. The van der Waals surface area contributed by atoms with E-state index in [0.717, 1.165) is 22.1 Å². The second-order valence-electron chi connectivity index (χ2n) is 16.7. The molecule has 346 valence electrons. The molecule has 3 fully saturated rings. The zero-order valence-corrected chi connectivity index (χ0v) is 37.6. The van der Waals surface area contributed by atoms with Crippen molar-refractivity contribution >= 4 is 84.7 Å². The highest BCUT2D eigenvalue weighted by molar-refractivity contribution is 7.90. The van der Waals surface area contributed by atoms with E-state index >= 15 is 8.78 Å². The summed E-state index contributed by atoms with van der Waals surface area (Å²) in [7, 11) is -2.88. The number of piperazine rings is 1. The Morgan fingerprint density at radius 1 is 0.985 bits per heavy atom. The number of pyridine rings is 2. The summed E-state index contributed by atoms with van der Waals surface area (Å²) in [5, 5.41) is 23.0. The van der Waals surface area contributed by atoms with Crippen LogP contribution in [0.2, 0.25) is 5.02 Å². The van der Waals surface area contributed by atoms with Gasteiger partial charge in [0, 0.05) is 106 Å². The molecule has 3 aliphatic rings. The third-order valence-electron chi connectivity index (χ3n) is 12.5. The number of rotatable bonds is 13. The SMILES string of the molecule is CCN(C)S(=O)(=O)Nc1ccc(F)c(C(=O)c2c[nH]c3ncc(-c4ccc(N5CCN(C(=O)CC6(O)CCN(c7ccc(NC8CCC(=O)C(=N)C8=O)cc7Cl)CC6)CC5)nc4)cc23)c1F. The van der Waals surface area contributed by atoms with Crippen molar-refractivity contribution in [2.45, 2.75) is 50.7 Å². The first kappa shape index (κ1) is 46.2. The Morgan fingerprint density at radius 3 is 2.39 bits per heavy atom. The number of benzene rings is 2. The van der Waals surface area contributed by atoms with Gasteiger partial charge in [0.25, 0.3) is 0 Å². The van der Waals surface area contributed by atoms with Crippen LogP contribution in [0.4, 0.5) is 31.7 Å². The maximum atomic E-state index is 15.6. The molecule has 5 N–H and O–H groups in total. The molecule has 66 heavy (non-hydrogen) atoms. The van der Waals surface area contributed by atoms with Gasteiger partial charge in [-0.3, -0.25) is 29.3 Å². The molecule has 3 aromatic heterocycles. The van der Waals surface area contributed by atoms with E-state index in [1.54, 1.807) is 42.4 Å². The maximum Gasteiger partial charge on any atom is 0.301 e. The summed E-state index contributed by atoms with van der Waals surface area (Å²) in [5.74, 6) is -3.97. The molecular weight excluding hydrogens is 898 g/mol. The monoisotopic (exact) mass is 944 g/mol. The van der Waals surface area contributed by atoms with Gasteiger partial charge in [0.1, 0.15) is 23.0 Å². The van der Waals surface area contributed by atoms with Crippen molar-refractivity contribution in [2.75, 3.05) is 72.7 Å². The normalized spacial score (nSPS) is 18.0. The number of nitrogens with one attached hydrogen (secondary N) is 4. The minimum Gasteiger partial charge on any atom is -0.389 e. The lowest BCUT2D eigenvalue weighted by Crippen LogP contribution is -2.52. The van der Waals surface area contributed by atoms with E-state index in [1.165, 1.54) is 13.2 Å². The van der Waals surface area contributed by atoms with E-state index in [1.807, 2.05) is 28.0 Å². The Labute approximate surface area is 383 Å². The second kappa shape index (κ2) is 18.5. The molecule has 0 radical (unpaired) electrons. The van der Waals surface area contributed by atoms with E-state index in [2.05, 4.69) is 25.0 Å². The number of Topliss-reactive ketones (excluding diaryl/α,β-unsaturated/α-hetero) is 2. The summed E-state index contributed by atoms with van der Waals surface area (Å²) in [6.07, 6.45) is 5.65. The number of piperidine rings is 1. The van der Waals surface area contributed by atoms with Gasteiger partial charge in [0.2, 0.25) is 17.5 Å². The van der Waals surface area contributed by atoms with Crippen LogP contribution in [0.1, 0.15) is 54.9 Å². The lowest BCUT2D eigenvalue weighted by atomic mass is 9.87. The average Bonchev–Trinajstić information content (AvgIpc) is 3.74. The first-order chi connectivity index (χ1) is 31.4. The van der Waals surface area contributed by atoms with Crippen LogP contribution < -0.4 is 19.8 Å². The number of aromatic amines is 1. The van der Waals surface area contributed by atoms with Gasteiger partial charge >= 0.3 is 10.2 Å². The number of carbonyl (C=O) groups is 4. The highest BCUT2D eigenvalue weighted by Gasteiger charge is 2.38. The fourth-order valence-electron chi connectivity index (χ4n) is 8.41. The first-order valence-electron chi connectivity index (χ1n) is 21.4. The summed E-state index contributed by atoms with van der Waals surface area (Å²) in [4.78, 5) is 69.0. The molecule has 17 nitrogen and oxygen atoms in total. The maximum absolute atomic E-state index is 15.6. The van der Waals surface area contributed by atoms with Gasteiger partial charge in [-0.05, 0) is 67.8 Å². The smallest absolute Gasteiger partial charge is 0.301 e. The number of aliphatic hydroxyl groups is 1. The largest absolute Gasteiger partial charge is 0.389 e. The Kier molecular flexibility index (Phi) is 12.9. The number of hydrogen-bond donors (Lipinski definition) is 5. The summed E-state index contributed by atoms with van der Waals surface area (Å²) >= 11 is 6.66. The van der Waals surface area contributed by atoms with Crippen LogP contribution in [-0.4, -0.2) is 131 Å². The number of H-pyrrole nitrogens is 1. The zero-order chi connectivity index (χ0) is 47.1. The van der Waals surface area contributed by atoms with Gasteiger partial charge in [0.15, 0.2) is 11.6 Å². The molecule has 0 bridgehead atoms. The van der Waals surface area contributed by atoms with Gasteiger partial charge < -0.3 is 30.1 Å². The molecule has 5 aromatic rings. The predicted molar refractivity (Wildman–Crippen MR) is 246 cm³/mol. The van der Waals surface area contributed by atoms with Gasteiger partial charge in [0.05, 0.1) is 40.0 Å². The fraction of sp³-hybridized carbons (Fsp3) is 0.356. The minimum absolute atomic E-state index is 0.0151. The summed E-state index contributed by atoms with van der Waals surface area (Å²) in [5.41, 5.74) is -0.370. The fourth-order valence-corrected chi connectivity index (χ4v) is 9.64. The number of anilines is 4. The number of nitrogens with zero attached hydrogens (tertiary/aromatic N) is 6. The van der Waals surface area contributed by atoms with Crippen LogP contribution in [0.3, 0.4) is 0 Å². The van der Waals surface area contributed by atoms with E-state index in [9.17, 15) is 32.7 Å². The van der Waals surface area contributed by atoms with Crippen molar-refractivity contribution in [2.24, 2.45) is 0 Å². The van der Waals surface area contributed by atoms with Gasteiger partial charge in [-0.25, -0.2) is 18.7 Å². The number of aromatic nitrogens is 3. The summed E-state index contributed by atoms with van der Waals surface area (Å²) in [6.45, 7) is 4.50. The molecule has 1 unspecified atom stereocenters. The van der Waals surface area contributed by atoms with Crippen molar-refractivity contribution in [3.05, 3.63) is 94.9 Å². The number of hydrogen-bond acceptors (Lipinski definition) is 13. The molecule has 2 aliphatic heterocycles. The molecule has 8 rings (SSSR count). The Hall–Kier alpha value is -6.35. The summed E-state index contributed by atoms with van der Waals surface area (Å²) in [6, 6.07) is 11.7. The topological polar surface area (TPSA) is 225 Å². The van der Waals surface area contributed by atoms with Crippen LogP contribution in [-0.2, 0) is 24.6 Å². The lowest BCUT2D eigenvalue weighted by Gasteiger charge is -2.41. The number of carbonyl (C=O) groups excluding carboxylic acids is 4. The van der Waals surface area contributed by atoms with Crippen LogP contribution in [0.5, 0.6) is 0 Å². The van der Waals surface area contributed by atoms with Crippen LogP contribution in [0.25, 0.3) is 22.2 Å². The van der Waals surface area contributed by atoms with E-state index in [0.29, 0.717) is 91.8 Å². The molecule has 5 heterocycles. The number of fused-ring (bicyclic) bond motifs is 1. The van der Waals surface area contributed by atoms with Crippen molar-refractivity contribution in [3.63, 3.8) is 0 Å². The standard InChI is InChI=1S/C45H47ClF2N10O7S/c1-3-55(2)66(64,65)54-33-7-6-32(47)39(40(33)48)42(61)30-25-52-44-29(30)20-27(24-51-44)26-4-11-37(50-23-26)57-16-18-58(19-17-57)38(60)22-45(63)12-14-56(15-13-45)35-9-5-28(21-31(35)46)53-34-8-10-36(59)41(49)43(34)62/h4-7,9,11,20-21,23-25,34,49,53-54,63H,3,8,10,12-19,22H2,1-2H3,(H,51,52). The second-order valence-corrected chi connectivity index (χ2v) is 18.9. The van der Waals surface area contributed by atoms with Gasteiger partial charge in [-0.1, -0.05) is 18.5 Å². The van der Waals surface area contributed by atoms with Gasteiger partial charge in [-0.2, -0.15) is 12.7 Å². The van der Waals surface area contributed by atoms with E-state index in [-0.39, 0.29) is 36.2 Å². The number of halogens is 3.